The lowest BCUT2D eigenvalue weighted by molar-refractivity contribution is 0.0736. The van der Waals surface area contributed by atoms with Crippen LogP contribution in [0, 0.1) is 0 Å². The smallest absolute Gasteiger partial charge is 0.205 e. The maximum Gasteiger partial charge on any atom is 0.205 e. The third kappa shape index (κ3) is 2.93. The molecule has 152 valence electrons. The molecule has 5 aromatic rings. The van der Waals surface area contributed by atoms with Crippen LogP contribution in [-0.4, -0.2) is 35.5 Å². The standard InChI is InChI=1S/C24H20N6O/c25-24-29-22(23-21(16-10-17(31)11-16)26-8-9-30(23)24)15-6-7-18-19(12-15)28-20(13-27-18)14-4-2-1-3-5-14/h1-9,12-13,16-17,31H,10-11H2,(H2,25,29). The van der Waals surface area contributed by atoms with E-state index in [-0.39, 0.29) is 12.0 Å². The summed E-state index contributed by atoms with van der Waals surface area (Å²) in [7, 11) is 0. The summed E-state index contributed by atoms with van der Waals surface area (Å²) in [5.41, 5.74) is 13.2. The van der Waals surface area contributed by atoms with E-state index in [1.165, 1.54) is 0 Å². The summed E-state index contributed by atoms with van der Waals surface area (Å²) < 4.78 is 1.87. The summed E-state index contributed by atoms with van der Waals surface area (Å²) in [6, 6.07) is 16.0. The van der Waals surface area contributed by atoms with Gasteiger partial charge in [-0.2, -0.15) is 0 Å². The molecule has 7 nitrogen and oxygen atoms in total. The Kier molecular flexibility index (Phi) is 3.97. The van der Waals surface area contributed by atoms with Gasteiger partial charge in [-0.25, -0.2) is 9.97 Å². The van der Waals surface area contributed by atoms with Gasteiger partial charge < -0.3 is 10.8 Å². The SMILES string of the molecule is Nc1nc(-c2ccc3ncc(-c4ccccc4)nc3c2)c2c(C3CC(O)C3)nccn12. The number of nitrogens with zero attached hydrogens (tertiary/aromatic N) is 5. The molecule has 31 heavy (non-hydrogen) atoms. The van der Waals surface area contributed by atoms with E-state index in [4.69, 9.17) is 10.7 Å². The van der Waals surface area contributed by atoms with Gasteiger partial charge in [0.25, 0.3) is 0 Å². The Hall–Kier alpha value is -3.84. The topological polar surface area (TPSA) is 102 Å². The largest absolute Gasteiger partial charge is 0.393 e. The summed E-state index contributed by atoms with van der Waals surface area (Å²) in [5.74, 6) is 0.622. The molecule has 1 aliphatic carbocycles. The molecule has 0 bridgehead atoms. The first kappa shape index (κ1) is 18.0. The average molecular weight is 408 g/mol. The fourth-order valence-corrected chi connectivity index (χ4v) is 4.30. The maximum absolute atomic E-state index is 9.79. The van der Waals surface area contributed by atoms with Crippen molar-refractivity contribution in [1.29, 1.82) is 0 Å². The van der Waals surface area contributed by atoms with E-state index in [0.29, 0.717) is 18.8 Å². The van der Waals surface area contributed by atoms with Crippen molar-refractivity contribution in [2.75, 3.05) is 5.73 Å². The Morgan fingerprint density at radius 1 is 0.935 bits per heavy atom. The van der Waals surface area contributed by atoms with E-state index >= 15 is 0 Å². The third-order valence-electron chi connectivity index (χ3n) is 6.00. The first-order valence-corrected chi connectivity index (χ1v) is 10.3. The third-order valence-corrected chi connectivity index (χ3v) is 6.00. The number of nitrogen functional groups attached to an aromatic ring is 1. The molecule has 0 unspecified atom stereocenters. The van der Waals surface area contributed by atoms with Crippen LogP contribution in [0.4, 0.5) is 5.95 Å². The van der Waals surface area contributed by atoms with Crippen LogP contribution < -0.4 is 5.73 Å². The van der Waals surface area contributed by atoms with E-state index in [9.17, 15) is 5.11 Å². The number of benzene rings is 2. The van der Waals surface area contributed by atoms with Gasteiger partial charge in [-0.3, -0.25) is 14.4 Å². The summed E-state index contributed by atoms with van der Waals surface area (Å²) in [5, 5.41) is 9.79. The van der Waals surface area contributed by atoms with Crippen LogP contribution in [0.15, 0.2) is 67.1 Å². The molecule has 0 atom stereocenters. The van der Waals surface area contributed by atoms with Crippen LogP contribution in [0.2, 0.25) is 0 Å². The first-order valence-electron chi connectivity index (χ1n) is 10.3. The number of aliphatic hydroxyl groups is 1. The number of imidazole rings is 1. The Bertz CT molecular complexity index is 1420. The molecule has 0 aliphatic heterocycles. The fourth-order valence-electron chi connectivity index (χ4n) is 4.30. The van der Waals surface area contributed by atoms with Crippen molar-refractivity contribution >= 4 is 22.5 Å². The number of fused-ring (bicyclic) bond motifs is 2. The molecular formula is C24H20N6O. The van der Waals surface area contributed by atoms with E-state index in [0.717, 1.165) is 44.8 Å². The van der Waals surface area contributed by atoms with Crippen LogP contribution in [0.25, 0.3) is 39.1 Å². The number of anilines is 1. The average Bonchev–Trinajstić information content (AvgIpc) is 3.14. The minimum absolute atomic E-state index is 0.207. The Morgan fingerprint density at radius 2 is 1.77 bits per heavy atom. The van der Waals surface area contributed by atoms with Crippen molar-refractivity contribution in [1.82, 2.24) is 24.3 Å². The van der Waals surface area contributed by atoms with Gasteiger partial charge in [-0.15, -0.1) is 0 Å². The van der Waals surface area contributed by atoms with Crippen LogP contribution >= 0.6 is 0 Å². The number of hydrogen-bond donors (Lipinski definition) is 2. The molecule has 0 spiro atoms. The van der Waals surface area contributed by atoms with Gasteiger partial charge in [-0.1, -0.05) is 36.4 Å². The minimum Gasteiger partial charge on any atom is -0.393 e. The molecule has 2 aromatic carbocycles. The van der Waals surface area contributed by atoms with Gasteiger partial charge >= 0.3 is 0 Å². The van der Waals surface area contributed by atoms with Crippen molar-refractivity contribution in [3.05, 3.63) is 72.8 Å². The number of rotatable bonds is 3. The van der Waals surface area contributed by atoms with Crippen LogP contribution in [0.5, 0.6) is 0 Å². The second-order valence-electron chi connectivity index (χ2n) is 8.00. The van der Waals surface area contributed by atoms with Crippen LogP contribution in [0.3, 0.4) is 0 Å². The van der Waals surface area contributed by atoms with Gasteiger partial charge in [0.1, 0.15) is 5.69 Å². The predicted molar refractivity (Wildman–Crippen MR) is 119 cm³/mol. The second-order valence-corrected chi connectivity index (χ2v) is 8.00. The molecule has 1 fully saturated rings. The molecule has 1 aliphatic rings. The summed E-state index contributed by atoms with van der Waals surface area (Å²) in [6.07, 6.45) is 6.52. The Labute approximate surface area is 178 Å². The molecular weight excluding hydrogens is 388 g/mol. The van der Waals surface area contributed by atoms with Gasteiger partial charge in [0, 0.05) is 29.4 Å². The highest BCUT2D eigenvalue weighted by atomic mass is 16.3. The molecule has 7 heteroatoms. The first-order chi connectivity index (χ1) is 15.2. The normalized spacial score (nSPS) is 18.4. The molecule has 6 rings (SSSR count). The number of aromatic nitrogens is 5. The second kappa shape index (κ2) is 6.85. The van der Waals surface area contributed by atoms with Gasteiger partial charge in [0.05, 0.1) is 40.2 Å². The van der Waals surface area contributed by atoms with Crippen LogP contribution in [0.1, 0.15) is 24.5 Å². The number of hydrogen-bond acceptors (Lipinski definition) is 6. The highest BCUT2D eigenvalue weighted by Gasteiger charge is 2.32. The zero-order valence-electron chi connectivity index (χ0n) is 16.7. The molecule has 3 aromatic heterocycles. The zero-order valence-corrected chi connectivity index (χ0v) is 16.7. The van der Waals surface area contributed by atoms with Gasteiger partial charge in [-0.05, 0) is 25.0 Å². The predicted octanol–water partition coefficient (Wildman–Crippen LogP) is 3.83. The van der Waals surface area contributed by atoms with Crippen molar-refractivity contribution < 1.29 is 5.11 Å². The van der Waals surface area contributed by atoms with E-state index < -0.39 is 0 Å². The zero-order chi connectivity index (χ0) is 20.9. The van der Waals surface area contributed by atoms with Crippen molar-refractivity contribution in [3.63, 3.8) is 0 Å². The van der Waals surface area contributed by atoms with E-state index in [2.05, 4.69) is 15.0 Å². The van der Waals surface area contributed by atoms with Crippen LogP contribution in [-0.2, 0) is 0 Å². The van der Waals surface area contributed by atoms with Gasteiger partial charge in [0.2, 0.25) is 5.95 Å². The van der Waals surface area contributed by atoms with Crippen molar-refractivity contribution in [3.8, 4) is 22.5 Å². The van der Waals surface area contributed by atoms with Crippen molar-refractivity contribution in [2.45, 2.75) is 24.9 Å². The monoisotopic (exact) mass is 408 g/mol. The number of nitrogens with two attached hydrogens (primary N) is 1. The fraction of sp³-hybridized carbons (Fsp3) is 0.167. The minimum atomic E-state index is -0.261. The van der Waals surface area contributed by atoms with E-state index in [1.807, 2.05) is 59.1 Å². The highest BCUT2D eigenvalue weighted by Crippen LogP contribution is 2.40. The Morgan fingerprint density at radius 3 is 2.58 bits per heavy atom. The highest BCUT2D eigenvalue weighted by molar-refractivity contribution is 5.88. The summed E-state index contributed by atoms with van der Waals surface area (Å²) in [6.45, 7) is 0. The summed E-state index contributed by atoms with van der Waals surface area (Å²) in [4.78, 5) is 18.7. The van der Waals surface area contributed by atoms with E-state index in [1.54, 1.807) is 12.4 Å². The molecule has 0 saturated heterocycles. The van der Waals surface area contributed by atoms with Gasteiger partial charge in [0.15, 0.2) is 0 Å². The lowest BCUT2D eigenvalue weighted by Crippen LogP contribution is -2.27. The molecule has 3 N–H and O–H groups in total. The lowest BCUT2D eigenvalue weighted by atomic mass is 9.79. The molecule has 3 heterocycles. The Balaban J connectivity index is 1.52. The lowest BCUT2D eigenvalue weighted by Gasteiger charge is -2.31. The molecule has 1 saturated carbocycles. The van der Waals surface area contributed by atoms with Crippen molar-refractivity contribution in [2.24, 2.45) is 0 Å². The quantitative estimate of drug-likeness (QED) is 0.470. The molecule has 0 radical (unpaired) electrons. The maximum atomic E-state index is 9.79. The number of aliphatic hydroxyl groups excluding tert-OH is 1. The summed E-state index contributed by atoms with van der Waals surface area (Å²) >= 11 is 0. The molecule has 0 amide bonds.